The van der Waals surface area contributed by atoms with Gasteiger partial charge in [0.2, 0.25) is 6.29 Å². The van der Waals surface area contributed by atoms with Crippen LogP contribution in [0.4, 0.5) is 0 Å². The number of allylic oxidation sites excluding steroid dienone is 2. The minimum atomic E-state index is -0.0972. The Morgan fingerprint density at radius 2 is 1.78 bits per heavy atom. The quantitative estimate of drug-likeness (QED) is 0.533. The Hall–Kier alpha value is -0.920. The second-order valence-corrected chi connectivity index (χ2v) is 1.77. The van der Waals surface area contributed by atoms with Gasteiger partial charge in [0.25, 0.3) is 0 Å². The lowest BCUT2D eigenvalue weighted by molar-refractivity contribution is -0.0601. The van der Waals surface area contributed by atoms with Crippen molar-refractivity contribution in [1.82, 2.24) is 0 Å². The Kier molecular flexibility index (Phi) is 2.19. The highest BCUT2D eigenvalue weighted by atomic mass is 16.7. The van der Waals surface area contributed by atoms with Gasteiger partial charge in [0.15, 0.2) is 0 Å². The van der Waals surface area contributed by atoms with Gasteiger partial charge in [0, 0.05) is 6.42 Å². The van der Waals surface area contributed by atoms with E-state index in [0.717, 1.165) is 6.42 Å². The summed E-state index contributed by atoms with van der Waals surface area (Å²) in [7, 11) is 0. The highest BCUT2D eigenvalue weighted by Crippen LogP contribution is 2.04. The van der Waals surface area contributed by atoms with Crippen LogP contribution in [0.3, 0.4) is 0 Å². The van der Waals surface area contributed by atoms with Gasteiger partial charge in [0.1, 0.15) is 0 Å². The molecular weight excluding hydrogens is 116 g/mol. The molecule has 0 N–H and O–H groups in total. The van der Waals surface area contributed by atoms with Crippen LogP contribution in [0, 0.1) is 0 Å². The van der Waals surface area contributed by atoms with E-state index in [1.165, 1.54) is 0 Å². The van der Waals surface area contributed by atoms with E-state index in [2.05, 4.69) is 0 Å². The predicted octanol–water partition coefficient (Wildman–Crippen LogP) is 1.80. The molecule has 0 saturated carbocycles. The molecule has 0 aromatic heterocycles. The first-order valence-corrected chi connectivity index (χ1v) is 3.06. The maximum Gasteiger partial charge on any atom is 0.239 e. The summed E-state index contributed by atoms with van der Waals surface area (Å²) in [6, 6.07) is 0. The first-order chi connectivity index (χ1) is 4.43. The smallest absolute Gasteiger partial charge is 0.239 e. The molecule has 1 aliphatic heterocycles. The molecule has 0 fully saturated rings. The Balaban J connectivity index is 2.40. The molecule has 0 radical (unpaired) electrons. The van der Waals surface area contributed by atoms with Crippen molar-refractivity contribution in [2.75, 3.05) is 0 Å². The van der Waals surface area contributed by atoms with Crippen LogP contribution in [-0.4, -0.2) is 6.29 Å². The summed E-state index contributed by atoms with van der Waals surface area (Å²) in [6.45, 7) is 2.01. The van der Waals surface area contributed by atoms with Gasteiger partial charge >= 0.3 is 0 Å². The Bertz CT molecular complexity index is 113. The topological polar surface area (TPSA) is 18.5 Å². The van der Waals surface area contributed by atoms with Gasteiger partial charge in [-0.05, 0) is 12.2 Å². The van der Waals surface area contributed by atoms with Crippen molar-refractivity contribution < 1.29 is 9.47 Å². The highest BCUT2D eigenvalue weighted by Gasteiger charge is 2.02. The molecule has 1 rings (SSSR count). The van der Waals surface area contributed by atoms with E-state index in [4.69, 9.17) is 9.47 Å². The minimum absolute atomic E-state index is 0.0972. The standard InChI is InChI=1S/C7H10O2/c1-2-7-8-5-3-4-6-9-7/h3-7H,2H2,1H3. The second kappa shape index (κ2) is 3.17. The Morgan fingerprint density at radius 3 is 2.22 bits per heavy atom. The third-order valence-corrected chi connectivity index (χ3v) is 1.06. The molecule has 0 saturated heterocycles. The molecule has 0 atom stereocenters. The van der Waals surface area contributed by atoms with Crippen LogP contribution in [0.25, 0.3) is 0 Å². The molecule has 0 aromatic carbocycles. The van der Waals surface area contributed by atoms with Crippen molar-refractivity contribution in [2.45, 2.75) is 19.6 Å². The fourth-order valence-corrected chi connectivity index (χ4v) is 0.581. The molecule has 50 valence electrons. The van der Waals surface area contributed by atoms with E-state index in [1.807, 2.05) is 6.92 Å². The van der Waals surface area contributed by atoms with Gasteiger partial charge in [-0.25, -0.2) is 0 Å². The van der Waals surface area contributed by atoms with Crippen molar-refractivity contribution in [2.24, 2.45) is 0 Å². The van der Waals surface area contributed by atoms with Crippen molar-refractivity contribution in [1.29, 1.82) is 0 Å². The lowest BCUT2D eigenvalue weighted by Gasteiger charge is -2.11. The van der Waals surface area contributed by atoms with Gasteiger partial charge in [0.05, 0.1) is 12.5 Å². The summed E-state index contributed by atoms with van der Waals surface area (Å²) < 4.78 is 10.2. The van der Waals surface area contributed by atoms with Crippen LogP contribution in [0.1, 0.15) is 13.3 Å². The van der Waals surface area contributed by atoms with E-state index >= 15 is 0 Å². The first-order valence-electron chi connectivity index (χ1n) is 3.06. The summed E-state index contributed by atoms with van der Waals surface area (Å²) in [6.07, 6.45) is 7.65. The van der Waals surface area contributed by atoms with Gasteiger partial charge in [-0.1, -0.05) is 6.92 Å². The fourth-order valence-electron chi connectivity index (χ4n) is 0.581. The summed E-state index contributed by atoms with van der Waals surface area (Å²) >= 11 is 0. The van der Waals surface area contributed by atoms with E-state index in [-0.39, 0.29) is 6.29 Å². The van der Waals surface area contributed by atoms with Crippen LogP contribution in [0.15, 0.2) is 24.7 Å². The van der Waals surface area contributed by atoms with Crippen molar-refractivity contribution in [3.05, 3.63) is 24.7 Å². The largest absolute Gasteiger partial charge is 0.463 e. The molecule has 1 heterocycles. The molecule has 1 aliphatic rings. The van der Waals surface area contributed by atoms with Crippen LogP contribution < -0.4 is 0 Å². The second-order valence-electron chi connectivity index (χ2n) is 1.77. The van der Waals surface area contributed by atoms with Crippen molar-refractivity contribution >= 4 is 0 Å². The number of hydrogen-bond acceptors (Lipinski definition) is 2. The first kappa shape index (κ1) is 6.20. The molecule has 0 aliphatic carbocycles. The number of hydrogen-bond donors (Lipinski definition) is 0. The zero-order valence-corrected chi connectivity index (χ0v) is 5.41. The molecule has 2 heteroatoms. The number of rotatable bonds is 1. The monoisotopic (exact) mass is 126 g/mol. The summed E-state index contributed by atoms with van der Waals surface area (Å²) in [5, 5.41) is 0. The summed E-state index contributed by atoms with van der Waals surface area (Å²) in [4.78, 5) is 0. The lowest BCUT2D eigenvalue weighted by Crippen LogP contribution is -2.08. The van der Waals surface area contributed by atoms with Gasteiger partial charge in [-0.2, -0.15) is 0 Å². The molecular formula is C7H10O2. The van der Waals surface area contributed by atoms with Crippen molar-refractivity contribution in [3.63, 3.8) is 0 Å². The number of ether oxygens (including phenoxy) is 2. The molecule has 0 aromatic rings. The van der Waals surface area contributed by atoms with Crippen LogP contribution in [0.2, 0.25) is 0 Å². The zero-order chi connectivity index (χ0) is 6.53. The molecule has 9 heavy (non-hydrogen) atoms. The third kappa shape index (κ3) is 1.80. The Labute approximate surface area is 54.8 Å². The van der Waals surface area contributed by atoms with E-state index in [1.54, 1.807) is 24.7 Å². The van der Waals surface area contributed by atoms with Gasteiger partial charge in [-0.3, -0.25) is 0 Å². The van der Waals surface area contributed by atoms with E-state index < -0.39 is 0 Å². The average molecular weight is 126 g/mol. The molecule has 0 amide bonds. The highest BCUT2D eigenvalue weighted by molar-refractivity contribution is 4.97. The van der Waals surface area contributed by atoms with Gasteiger partial charge in [-0.15, -0.1) is 0 Å². The predicted molar refractivity (Wildman–Crippen MR) is 34.5 cm³/mol. The van der Waals surface area contributed by atoms with Crippen molar-refractivity contribution in [3.8, 4) is 0 Å². The molecule has 0 unspecified atom stereocenters. The molecule has 2 nitrogen and oxygen atoms in total. The third-order valence-electron chi connectivity index (χ3n) is 1.06. The maximum absolute atomic E-state index is 5.09. The van der Waals surface area contributed by atoms with Gasteiger partial charge < -0.3 is 9.47 Å². The van der Waals surface area contributed by atoms with Crippen LogP contribution in [0.5, 0.6) is 0 Å². The molecule has 0 spiro atoms. The SMILES string of the molecule is CCC1OC=CC=CO1. The van der Waals surface area contributed by atoms with E-state index in [0.29, 0.717) is 0 Å². The maximum atomic E-state index is 5.09. The normalized spacial score (nSPS) is 18.3. The Morgan fingerprint density at radius 1 is 1.22 bits per heavy atom. The summed E-state index contributed by atoms with van der Waals surface area (Å²) in [5.41, 5.74) is 0. The lowest BCUT2D eigenvalue weighted by atomic mass is 10.5. The average Bonchev–Trinajstić information content (AvgIpc) is 2.13. The van der Waals surface area contributed by atoms with Crippen LogP contribution in [-0.2, 0) is 9.47 Å². The summed E-state index contributed by atoms with van der Waals surface area (Å²) in [5.74, 6) is 0. The zero-order valence-electron chi connectivity index (χ0n) is 5.41. The van der Waals surface area contributed by atoms with E-state index in [9.17, 15) is 0 Å². The fraction of sp³-hybridized carbons (Fsp3) is 0.429. The molecule has 0 bridgehead atoms. The van der Waals surface area contributed by atoms with Crippen LogP contribution >= 0.6 is 0 Å². The minimum Gasteiger partial charge on any atom is -0.463 e.